The monoisotopic (exact) mass is 442 g/mol. The summed E-state index contributed by atoms with van der Waals surface area (Å²) in [6, 6.07) is 3.77. The largest absolute Gasteiger partial charge is 0.356 e. The highest BCUT2D eigenvalue weighted by atomic mass is 16.2. The third-order valence-corrected chi connectivity index (χ3v) is 5.86. The van der Waals surface area contributed by atoms with Gasteiger partial charge in [0.25, 0.3) is 11.8 Å². The van der Waals surface area contributed by atoms with Gasteiger partial charge in [-0.05, 0) is 37.4 Å². The Morgan fingerprint density at radius 2 is 1.75 bits per heavy atom. The van der Waals surface area contributed by atoms with Crippen molar-refractivity contribution >= 4 is 29.5 Å². The van der Waals surface area contributed by atoms with E-state index in [9.17, 15) is 24.0 Å². The smallest absolute Gasteiger partial charge is 0.262 e. The number of piperidine rings is 1. The molecule has 0 aromatic heterocycles. The summed E-state index contributed by atoms with van der Waals surface area (Å²) in [4.78, 5) is 62.8. The number of fused-ring (bicyclic) bond motifs is 1. The molecule has 1 atom stereocenters. The second-order valence-corrected chi connectivity index (χ2v) is 8.22. The van der Waals surface area contributed by atoms with E-state index in [1.807, 2.05) is 0 Å². The second kappa shape index (κ2) is 11.0. The van der Waals surface area contributed by atoms with Crippen LogP contribution in [0.5, 0.6) is 0 Å². The van der Waals surface area contributed by atoms with E-state index in [0.29, 0.717) is 12.1 Å². The minimum absolute atomic E-state index is 0.0259. The van der Waals surface area contributed by atoms with Crippen LogP contribution in [0.15, 0.2) is 18.2 Å². The summed E-state index contributed by atoms with van der Waals surface area (Å²) in [5.74, 6) is -2.47. The normalized spacial score (nSPS) is 18.0. The molecule has 2 heterocycles. The molecule has 1 aromatic rings. The van der Waals surface area contributed by atoms with Gasteiger partial charge in [-0.2, -0.15) is 0 Å². The fourth-order valence-corrected chi connectivity index (χ4v) is 4.17. The molecular weight excluding hydrogens is 412 g/mol. The molecule has 1 aromatic carbocycles. The maximum atomic E-state index is 13.0. The van der Waals surface area contributed by atoms with Gasteiger partial charge in [-0.1, -0.05) is 37.8 Å². The molecule has 1 saturated heterocycles. The Morgan fingerprint density at radius 1 is 1.03 bits per heavy atom. The van der Waals surface area contributed by atoms with Gasteiger partial charge < -0.3 is 11.1 Å². The standard InChI is InChI=1S/C23H30N4O5/c24-12-5-3-1-2-4-6-13-25-19(29)14-15-8-7-9-16-20(15)23(32)27(22(16)31)17-10-11-18(28)26-21(17)30/h7-9,17H,1-6,10-14,24H2,(H,25,29)(H,26,28,30). The van der Waals surface area contributed by atoms with Crippen LogP contribution in [0.2, 0.25) is 0 Å². The van der Waals surface area contributed by atoms with E-state index >= 15 is 0 Å². The highest BCUT2D eigenvalue weighted by Gasteiger charge is 2.45. The van der Waals surface area contributed by atoms with Gasteiger partial charge in [-0.25, -0.2) is 0 Å². The lowest BCUT2D eigenvalue weighted by Gasteiger charge is -2.27. The van der Waals surface area contributed by atoms with Crippen molar-refractivity contribution in [3.05, 3.63) is 34.9 Å². The summed E-state index contributed by atoms with van der Waals surface area (Å²) in [6.07, 6.45) is 6.45. The van der Waals surface area contributed by atoms with E-state index in [1.165, 1.54) is 6.07 Å². The van der Waals surface area contributed by atoms with Crippen LogP contribution < -0.4 is 16.4 Å². The molecule has 0 radical (unpaired) electrons. The first-order valence-corrected chi connectivity index (χ1v) is 11.2. The van der Waals surface area contributed by atoms with Crippen molar-refractivity contribution in [2.75, 3.05) is 13.1 Å². The summed E-state index contributed by atoms with van der Waals surface area (Å²) in [7, 11) is 0. The summed E-state index contributed by atoms with van der Waals surface area (Å²) < 4.78 is 0. The summed E-state index contributed by atoms with van der Waals surface area (Å²) in [5, 5.41) is 5.04. The molecule has 3 rings (SSSR count). The first-order chi connectivity index (χ1) is 15.4. The molecule has 0 aliphatic carbocycles. The maximum absolute atomic E-state index is 13.0. The number of hydrogen-bond acceptors (Lipinski definition) is 6. The third kappa shape index (κ3) is 5.40. The fraction of sp³-hybridized carbons (Fsp3) is 0.522. The molecule has 0 spiro atoms. The molecule has 9 nitrogen and oxygen atoms in total. The van der Waals surface area contributed by atoms with Gasteiger partial charge in [-0.15, -0.1) is 0 Å². The van der Waals surface area contributed by atoms with Crippen molar-refractivity contribution in [1.29, 1.82) is 0 Å². The number of carbonyl (C=O) groups excluding carboxylic acids is 5. The number of benzene rings is 1. The fourth-order valence-electron chi connectivity index (χ4n) is 4.17. The summed E-state index contributed by atoms with van der Waals surface area (Å²) >= 11 is 0. The lowest BCUT2D eigenvalue weighted by Crippen LogP contribution is -2.54. The number of imide groups is 2. The van der Waals surface area contributed by atoms with E-state index in [4.69, 9.17) is 5.73 Å². The quantitative estimate of drug-likeness (QED) is 0.346. The molecule has 0 saturated carbocycles. The van der Waals surface area contributed by atoms with Crippen molar-refractivity contribution in [2.45, 2.75) is 63.8 Å². The SMILES string of the molecule is NCCCCCCCCNC(=O)Cc1cccc2c1C(=O)N(C1CCC(=O)NC1=O)C2=O. The van der Waals surface area contributed by atoms with Crippen LogP contribution in [0.25, 0.3) is 0 Å². The van der Waals surface area contributed by atoms with Gasteiger partial charge in [0, 0.05) is 13.0 Å². The van der Waals surface area contributed by atoms with E-state index in [2.05, 4.69) is 10.6 Å². The van der Waals surface area contributed by atoms with E-state index in [-0.39, 0.29) is 36.3 Å². The van der Waals surface area contributed by atoms with E-state index in [0.717, 1.165) is 50.0 Å². The first kappa shape index (κ1) is 23.6. The van der Waals surface area contributed by atoms with Crippen molar-refractivity contribution in [3.8, 4) is 0 Å². The molecule has 2 aliphatic heterocycles. The number of rotatable bonds is 11. The third-order valence-electron chi connectivity index (χ3n) is 5.86. The van der Waals surface area contributed by atoms with E-state index in [1.54, 1.807) is 12.1 Å². The molecule has 172 valence electrons. The zero-order valence-electron chi connectivity index (χ0n) is 18.2. The Morgan fingerprint density at radius 3 is 2.47 bits per heavy atom. The first-order valence-electron chi connectivity index (χ1n) is 11.2. The van der Waals surface area contributed by atoms with Crippen LogP contribution in [-0.2, 0) is 20.8 Å². The Hall–Kier alpha value is -3.07. The number of carbonyl (C=O) groups is 5. The molecule has 5 amide bonds. The van der Waals surface area contributed by atoms with Gasteiger partial charge in [-0.3, -0.25) is 34.2 Å². The predicted molar refractivity (Wildman–Crippen MR) is 117 cm³/mol. The molecule has 1 fully saturated rings. The van der Waals surface area contributed by atoms with E-state index < -0.39 is 29.7 Å². The van der Waals surface area contributed by atoms with Gasteiger partial charge in [0.2, 0.25) is 17.7 Å². The van der Waals surface area contributed by atoms with Gasteiger partial charge >= 0.3 is 0 Å². The van der Waals surface area contributed by atoms with Crippen LogP contribution in [0.1, 0.15) is 77.6 Å². The van der Waals surface area contributed by atoms with Crippen LogP contribution in [0.4, 0.5) is 0 Å². The molecule has 2 aliphatic rings. The van der Waals surface area contributed by atoms with Crippen molar-refractivity contribution in [1.82, 2.24) is 15.5 Å². The Kier molecular flexibility index (Phi) is 8.10. The zero-order chi connectivity index (χ0) is 23.1. The van der Waals surface area contributed by atoms with Gasteiger partial charge in [0.1, 0.15) is 6.04 Å². The summed E-state index contributed by atoms with van der Waals surface area (Å²) in [6.45, 7) is 1.28. The average Bonchev–Trinajstić information content (AvgIpc) is 3.01. The minimum Gasteiger partial charge on any atom is -0.356 e. The molecule has 9 heteroatoms. The molecule has 1 unspecified atom stereocenters. The minimum atomic E-state index is -1.02. The van der Waals surface area contributed by atoms with Crippen LogP contribution >= 0.6 is 0 Å². The molecular formula is C23H30N4O5. The highest BCUT2D eigenvalue weighted by Crippen LogP contribution is 2.30. The van der Waals surface area contributed by atoms with Crippen molar-refractivity contribution < 1.29 is 24.0 Å². The number of hydrogen-bond donors (Lipinski definition) is 3. The van der Waals surface area contributed by atoms with Crippen molar-refractivity contribution in [2.24, 2.45) is 5.73 Å². The average molecular weight is 443 g/mol. The summed E-state index contributed by atoms with van der Waals surface area (Å²) in [5.41, 5.74) is 6.27. The topological polar surface area (TPSA) is 139 Å². The van der Waals surface area contributed by atoms with Gasteiger partial charge in [0.05, 0.1) is 17.5 Å². The number of unbranched alkanes of at least 4 members (excludes halogenated alkanes) is 5. The second-order valence-electron chi connectivity index (χ2n) is 8.22. The zero-order valence-corrected chi connectivity index (χ0v) is 18.2. The Balaban J connectivity index is 1.57. The van der Waals surface area contributed by atoms with Crippen LogP contribution in [-0.4, -0.2) is 53.6 Å². The number of nitrogens with one attached hydrogen (secondary N) is 2. The predicted octanol–water partition coefficient (Wildman–Crippen LogP) is 1.05. The molecule has 0 bridgehead atoms. The number of nitrogens with two attached hydrogens (primary N) is 1. The van der Waals surface area contributed by atoms with Crippen LogP contribution in [0, 0.1) is 0 Å². The van der Waals surface area contributed by atoms with Crippen LogP contribution in [0.3, 0.4) is 0 Å². The number of amides is 5. The highest BCUT2D eigenvalue weighted by molar-refractivity contribution is 6.24. The van der Waals surface area contributed by atoms with Gasteiger partial charge in [0.15, 0.2) is 0 Å². The Labute approximate surface area is 187 Å². The van der Waals surface area contributed by atoms with Crippen molar-refractivity contribution in [3.63, 3.8) is 0 Å². The Bertz CT molecular complexity index is 914. The lowest BCUT2D eigenvalue weighted by molar-refractivity contribution is -0.136. The maximum Gasteiger partial charge on any atom is 0.262 e. The lowest BCUT2D eigenvalue weighted by atomic mass is 10.00. The number of nitrogens with zero attached hydrogens (tertiary/aromatic N) is 1. The molecule has 32 heavy (non-hydrogen) atoms. The molecule has 4 N–H and O–H groups in total.